The van der Waals surface area contributed by atoms with Crippen LogP contribution in [0.4, 0.5) is 0 Å². The molecule has 0 fully saturated rings. The Hall–Kier alpha value is -1.32. The first kappa shape index (κ1) is 9.87. The van der Waals surface area contributed by atoms with Crippen molar-refractivity contribution in [2.75, 3.05) is 20.1 Å². The van der Waals surface area contributed by atoms with Crippen LogP contribution in [0.2, 0.25) is 0 Å². The third kappa shape index (κ3) is 1.36. The molecule has 1 unspecified atom stereocenters. The zero-order chi connectivity index (χ0) is 11.1. The van der Waals surface area contributed by atoms with Crippen LogP contribution < -0.4 is 5.73 Å². The molecular formula is C13H17N3. The number of likely N-dealkylation sites (N-methyl/N-ethyl adjacent to an activating group) is 1. The van der Waals surface area contributed by atoms with Gasteiger partial charge >= 0.3 is 0 Å². The molecule has 3 heteroatoms. The van der Waals surface area contributed by atoms with Gasteiger partial charge in [-0.25, -0.2) is 0 Å². The Labute approximate surface area is 95.2 Å². The van der Waals surface area contributed by atoms with Crippen LogP contribution in [-0.4, -0.2) is 30.0 Å². The molecule has 0 saturated heterocycles. The van der Waals surface area contributed by atoms with E-state index in [0.29, 0.717) is 12.5 Å². The summed E-state index contributed by atoms with van der Waals surface area (Å²) >= 11 is 0. The number of rotatable bonds is 1. The molecule has 1 atom stereocenters. The minimum Gasteiger partial charge on any atom is -0.358 e. The van der Waals surface area contributed by atoms with Crippen molar-refractivity contribution in [3.8, 4) is 0 Å². The highest BCUT2D eigenvalue weighted by molar-refractivity contribution is 5.85. The van der Waals surface area contributed by atoms with E-state index in [4.69, 9.17) is 5.73 Å². The van der Waals surface area contributed by atoms with Crippen molar-refractivity contribution in [2.24, 2.45) is 5.73 Å². The van der Waals surface area contributed by atoms with Crippen molar-refractivity contribution in [3.05, 3.63) is 35.5 Å². The Bertz CT molecular complexity index is 515. The molecule has 0 spiro atoms. The van der Waals surface area contributed by atoms with Gasteiger partial charge in [0, 0.05) is 42.1 Å². The minimum atomic E-state index is 0.446. The fourth-order valence-electron chi connectivity index (χ4n) is 2.73. The molecule has 0 saturated carbocycles. The zero-order valence-electron chi connectivity index (χ0n) is 9.53. The van der Waals surface area contributed by atoms with Crippen LogP contribution in [0.3, 0.4) is 0 Å². The van der Waals surface area contributed by atoms with Crippen molar-refractivity contribution < 1.29 is 0 Å². The summed E-state index contributed by atoms with van der Waals surface area (Å²) in [6, 6.07) is 8.51. The first-order chi connectivity index (χ1) is 7.79. The fourth-order valence-corrected chi connectivity index (χ4v) is 2.73. The van der Waals surface area contributed by atoms with E-state index in [1.807, 2.05) is 0 Å². The maximum atomic E-state index is 5.86. The molecule has 0 bridgehead atoms. The Morgan fingerprint density at radius 3 is 3.06 bits per heavy atom. The highest BCUT2D eigenvalue weighted by atomic mass is 15.1. The second-order valence-corrected chi connectivity index (χ2v) is 4.69. The van der Waals surface area contributed by atoms with Gasteiger partial charge in [0.15, 0.2) is 0 Å². The number of hydrogen-bond acceptors (Lipinski definition) is 2. The first-order valence-electron chi connectivity index (χ1n) is 5.77. The molecule has 1 aliphatic heterocycles. The van der Waals surface area contributed by atoms with E-state index in [1.54, 1.807) is 0 Å². The quantitative estimate of drug-likeness (QED) is 0.760. The highest BCUT2D eigenvalue weighted by Crippen LogP contribution is 2.32. The minimum absolute atomic E-state index is 0.446. The van der Waals surface area contributed by atoms with E-state index >= 15 is 0 Å². The standard InChI is InChI=1S/C13H17N3/c1-16-7-9(6-14)13-11(8-16)10-4-2-3-5-12(10)15-13/h2-5,9,15H,6-8,14H2,1H3. The van der Waals surface area contributed by atoms with E-state index < -0.39 is 0 Å². The number of nitrogens with zero attached hydrogens (tertiary/aromatic N) is 1. The molecule has 1 aliphatic rings. The molecule has 2 heterocycles. The molecule has 1 aromatic carbocycles. The molecular weight excluding hydrogens is 198 g/mol. The number of nitrogens with one attached hydrogen (secondary N) is 1. The van der Waals surface area contributed by atoms with E-state index in [9.17, 15) is 0 Å². The lowest BCUT2D eigenvalue weighted by atomic mass is 9.95. The summed E-state index contributed by atoms with van der Waals surface area (Å²) in [6.07, 6.45) is 0. The predicted molar refractivity (Wildman–Crippen MR) is 66.4 cm³/mol. The van der Waals surface area contributed by atoms with Gasteiger partial charge in [0.1, 0.15) is 0 Å². The van der Waals surface area contributed by atoms with Gasteiger partial charge in [0.25, 0.3) is 0 Å². The lowest BCUT2D eigenvalue weighted by molar-refractivity contribution is 0.282. The second-order valence-electron chi connectivity index (χ2n) is 4.69. The van der Waals surface area contributed by atoms with Crippen LogP contribution >= 0.6 is 0 Å². The van der Waals surface area contributed by atoms with Crippen LogP contribution in [0.5, 0.6) is 0 Å². The average Bonchev–Trinajstić information content (AvgIpc) is 2.67. The number of aromatic nitrogens is 1. The van der Waals surface area contributed by atoms with Gasteiger partial charge < -0.3 is 15.6 Å². The predicted octanol–water partition coefficient (Wildman–Crippen LogP) is 1.66. The van der Waals surface area contributed by atoms with Crippen LogP contribution in [0, 0.1) is 0 Å². The molecule has 0 amide bonds. The van der Waals surface area contributed by atoms with Crippen LogP contribution in [0.25, 0.3) is 10.9 Å². The van der Waals surface area contributed by atoms with Crippen molar-refractivity contribution >= 4 is 10.9 Å². The van der Waals surface area contributed by atoms with Gasteiger partial charge in [-0.15, -0.1) is 0 Å². The van der Waals surface area contributed by atoms with Crippen LogP contribution in [0.1, 0.15) is 17.2 Å². The van der Waals surface area contributed by atoms with Crippen LogP contribution in [-0.2, 0) is 6.54 Å². The largest absolute Gasteiger partial charge is 0.358 e. The van der Waals surface area contributed by atoms with Gasteiger partial charge in [0.05, 0.1) is 0 Å². The Kier molecular flexibility index (Phi) is 2.23. The summed E-state index contributed by atoms with van der Waals surface area (Å²) in [7, 11) is 2.16. The maximum absolute atomic E-state index is 5.86. The SMILES string of the molecule is CN1Cc2c([nH]c3ccccc23)C(CN)C1. The summed E-state index contributed by atoms with van der Waals surface area (Å²) in [4.78, 5) is 5.88. The van der Waals surface area contributed by atoms with Crippen molar-refractivity contribution in [1.82, 2.24) is 9.88 Å². The zero-order valence-corrected chi connectivity index (χ0v) is 9.53. The summed E-state index contributed by atoms with van der Waals surface area (Å²) in [6.45, 7) is 2.79. The number of H-pyrrole nitrogens is 1. The molecule has 0 radical (unpaired) electrons. The van der Waals surface area contributed by atoms with Gasteiger partial charge in [-0.2, -0.15) is 0 Å². The third-order valence-corrected chi connectivity index (χ3v) is 3.50. The summed E-state index contributed by atoms with van der Waals surface area (Å²) in [5.74, 6) is 0.446. The van der Waals surface area contributed by atoms with Crippen molar-refractivity contribution in [1.29, 1.82) is 0 Å². The topological polar surface area (TPSA) is 45.0 Å². The molecule has 16 heavy (non-hydrogen) atoms. The fraction of sp³-hybridized carbons (Fsp3) is 0.385. The second kappa shape index (κ2) is 3.61. The molecule has 0 aliphatic carbocycles. The number of benzene rings is 1. The Balaban J connectivity index is 2.22. The normalized spacial score (nSPS) is 21.2. The smallest absolute Gasteiger partial charge is 0.0459 e. The molecule has 84 valence electrons. The number of hydrogen-bond donors (Lipinski definition) is 2. The van der Waals surface area contributed by atoms with Crippen molar-refractivity contribution in [3.63, 3.8) is 0 Å². The first-order valence-corrected chi connectivity index (χ1v) is 5.77. The monoisotopic (exact) mass is 215 g/mol. The van der Waals surface area contributed by atoms with E-state index in [0.717, 1.165) is 13.1 Å². The molecule has 2 aromatic rings. The molecule has 3 rings (SSSR count). The summed E-state index contributed by atoms with van der Waals surface area (Å²) in [5, 5.41) is 1.35. The summed E-state index contributed by atoms with van der Waals surface area (Å²) in [5.41, 5.74) is 9.87. The summed E-state index contributed by atoms with van der Waals surface area (Å²) < 4.78 is 0. The number of aromatic amines is 1. The number of nitrogens with two attached hydrogens (primary N) is 1. The van der Waals surface area contributed by atoms with Gasteiger partial charge in [-0.05, 0) is 18.7 Å². The van der Waals surface area contributed by atoms with Gasteiger partial charge in [0.2, 0.25) is 0 Å². The third-order valence-electron chi connectivity index (χ3n) is 3.50. The average molecular weight is 215 g/mol. The Morgan fingerprint density at radius 2 is 2.25 bits per heavy atom. The van der Waals surface area contributed by atoms with E-state index in [-0.39, 0.29) is 0 Å². The molecule has 3 nitrogen and oxygen atoms in total. The molecule has 1 aromatic heterocycles. The lowest BCUT2D eigenvalue weighted by Gasteiger charge is -2.29. The van der Waals surface area contributed by atoms with Gasteiger partial charge in [-0.1, -0.05) is 18.2 Å². The lowest BCUT2D eigenvalue weighted by Crippen LogP contribution is -2.33. The number of para-hydroxylation sites is 1. The van der Waals surface area contributed by atoms with Crippen LogP contribution in [0.15, 0.2) is 24.3 Å². The number of fused-ring (bicyclic) bond motifs is 3. The van der Waals surface area contributed by atoms with Crippen molar-refractivity contribution in [2.45, 2.75) is 12.5 Å². The van der Waals surface area contributed by atoms with E-state index in [1.165, 1.54) is 22.2 Å². The molecule has 3 N–H and O–H groups in total. The van der Waals surface area contributed by atoms with E-state index in [2.05, 4.69) is 41.2 Å². The highest BCUT2D eigenvalue weighted by Gasteiger charge is 2.25. The maximum Gasteiger partial charge on any atom is 0.0459 e. The van der Waals surface area contributed by atoms with Gasteiger partial charge in [-0.3, -0.25) is 0 Å². The Morgan fingerprint density at radius 1 is 1.44 bits per heavy atom.